The fraction of sp³-hybridized carbons (Fsp3) is 0.333. The number of hydrogen-bond acceptors (Lipinski definition) is 3. The Labute approximate surface area is 71.0 Å². The zero-order valence-corrected chi connectivity index (χ0v) is 6.24. The molecule has 0 aliphatic carbocycles. The van der Waals surface area contributed by atoms with Crippen LogP contribution in [0.3, 0.4) is 0 Å². The van der Waals surface area contributed by atoms with Crippen LogP contribution in [0.2, 0.25) is 0 Å². The second-order valence-corrected chi connectivity index (χ2v) is 2.34. The van der Waals surface area contributed by atoms with E-state index in [0.29, 0.717) is 0 Å². The van der Waals surface area contributed by atoms with Crippen LogP contribution in [0.25, 0.3) is 0 Å². The lowest BCUT2D eigenvalue weighted by Crippen LogP contribution is -2.35. The predicted molar refractivity (Wildman–Crippen MR) is 36.1 cm³/mol. The van der Waals surface area contributed by atoms with Crippen molar-refractivity contribution in [3.8, 4) is 0 Å². The number of aromatic amines is 1. The van der Waals surface area contributed by atoms with E-state index in [9.17, 15) is 13.6 Å². The SMILES string of the molecule is O=C(O)C(F)(F)C(O)c1ccn[nH]1. The van der Waals surface area contributed by atoms with Crippen molar-refractivity contribution in [3.63, 3.8) is 0 Å². The number of aromatic nitrogens is 2. The minimum atomic E-state index is -4.22. The molecule has 7 heteroatoms. The maximum Gasteiger partial charge on any atom is 0.377 e. The van der Waals surface area contributed by atoms with Gasteiger partial charge in [-0.3, -0.25) is 5.10 Å². The van der Waals surface area contributed by atoms with Crippen molar-refractivity contribution in [2.24, 2.45) is 0 Å². The molecule has 0 fully saturated rings. The van der Waals surface area contributed by atoms with Crippen LogP contribution >= 0.6 is 0 Å². The largest absolute Gasteiger partial charge is 0.477 e. The summed E-state index contributed by atoms with van der Waals surface area (Å²) in [5.74, 6) is -6.60. The highest BCUT2D eigenvalue weighted by Gasteiger charge is 2.48. The fourth-order valence-electron chi connectivity index (χ4n) is 0.731. The topological polar surface area (TPSA) is 86.2 Å². The van der Waals surface area contributed by atoms with E-state index in [1.54, 1.807) is 0 Å². The molecule has 1 aromatic rings. The van der Waals surface area contributed by atoms with Crippen LogP contribution in [0.5, 0.6) is 0 Å². The second-order valence-electron chi connectivity index (χ2n) is 2.34. The summed E-state index contributed by atoms with van der Waals surface area (Å²) in [5.41, 5.74) is -0.340. The van der Waals surface area contributed by atoms with Crippen molar-refractivity contribution < 1.29 is 23.8 Å². The van der Waals surface area contributed by atoms with Gasteiger partial charge in [0.05, 0.1) is 5.69 Å². The summed E-state index contributed by atoms with van der Waals surface area (Å²) in [6.07, 6.45) is -1.27. The Bertz CT molecular complexity index is 299. The summed E-state index contributed by atoms with van der Waals surface area (Å²) in [5, 5.41) is 22.3. The van der Waals surface area contributed by atoms with Gasteiger partial charge >= 0.3 is 11.9 Å². The summed E-state index contributed by atoms with van der Waals surface area (Å²) in [4.78, 5) is 10.0. The average molecular weight is 192 g/mol. The normalized spacial score (nSPS) is 14.1. The highest BCUT2D eigenvalue weighted by molar-refractivity contribution is 5.76. The van der Waals surface area contributed by atoms with Gasteiger partial charge in [0.25, 0.3) is 0 Å². The molecule has 1 aromatic heterocycles. The molecule has 0 saturated carbocycles. The van der Waals surface area contributed by atoms with E-state index in [-0.39, 0.29) is 5.69 Å². The highest BCUT2D eigenvalue weighted by Crippen LogP contribution is 2.29. The zero-order chi connectivity index (χ0) is 10.1. The summed E-state index contributed by atoms with van der Waals surface area (Å²) in [7, 11) is 0. The lowest BCUT2D eigenvalue weighted by molar-refractivity contribution is -0.183. The molecule has 0 aromatic carbocycles. The fourth-order valence-corrected chi connectivity index (χ4v) is 0.731. The first-order chi connectivity index (χ1) is 5.96. The third-order valence-electron chi connectivity index (χ3n) is 1.45. The van der Waals surface area contributed by atoms with Crippen molar-refractivity contribution in [2.75, 3.05) is 0 Å². The van der Waals surface area contributed by atoms with Crippen LogP contribution in [0, 0.1) is 0 Å². The van der Waals surface area contributed by atoms with Crippen LogP contribution in [-0.4, -0.2) is 32.3 Å². The van der Waals surface area contributed by atoms with Gasteiger partial charge in [-0.1, -0.05) is 0 Å². The van der Waals surface area contributed by atoms with Crippen molar-refractivity contribution >= 4 is 5.97 Å². The van der Waals surface area contributed by atoms with E-state index >= 15 is 0 Å². The number of hydrogen-bond donors (Lipinski definition) is 3. The summed E-state index contributed by atoms with van der Waals surface area (Å²) >= 11 is 0. The van der Waals surface area contributed by atoms with Crippen molar-refractivity contribution in [3.05, 3.63) is 18.0 Å². The molecule has 0 aliphatic heterocycles. The lowest BCUT2D eigenvalue weighted by atomic mass is 10.1. The summed E-state index contributed by atoms with van der Waals surface area (Å²) in [6.45, 7) is 0. The Kier molecular flexibility index (Phi) is 2.28. The molecule has 1 unspecified atom stereocenters. The number of H-pyrrole nitrogens is 1. The van der Waals surface area contributed by atoms with Gasteiger partial charge < -0.3 is 10.2 Å². The number of aliphatic hydroxyl groups excluding tert-OH is 1. The minimum absolute atomic E-state index is 0.340. The first-order valence-corrected chi connectivity index (χ1v) is 3.25. The van der Waals surface area contributed by atoms with Crippen LogP contribution in [0.1, 0.15) is 11.8 Å². The Morgan fingerprint density at radius 1 is 1.69 bits per heavy atom. The maximum absolute atomic E-state index is 12.6. The van der Waals surface area contributed by atoms with Crippen LogP contribution in [0.4, 0.5) is 8.78 Å². The van der Waals surface area contributed by atoms with E-state index in [0.717, 1.165) is 12.3 Å². The molecular formula is C6H6F2N2O3. The smallest absolute Gasteiger partial charge is 0.377 e. The molecule has 0 aliphatic rings. The monoisotopic (exact) mass is 192 g/mol. The third-order valence-corrected chi connectivity index (χ3v) is 1.45. The molecule has 0 saturated heterocycles. The van der Waals surface area contributed by atoms with Gasteiger partial charge in [-0.2, -0.15) is 13.9 Å². The van der Waals surface area contributed by atoms with Crippen molar-refractivity contribution in [1.29, 1.82) is 0 Å². The maximum atomic E-state index is 12.6. The molecule has 0 spiro atoms. The molecule has 72 valence electrons. The first-order valence-electron chi connectivity index (χ1n) is 3.25. The molecule has 0 radical (unpaired) electrons. The molecule has 0 amide bonds. The van der Waals surface area contributed by atoms with Gasteiger partial charge in [-0.25, -0.2) is 4.79 Å². The van der Waals surface area contributed by atoms with Crippen LogP contribution < -0.4 is 0 Å². The van der Waals surface area contributed by atoms with Gasteiger partial charge in [0.1, 0.15) is 0 Å². The molecule has 0 bridgehead atoms. The number of carbonyl (C=O) groups is 1. The number of alkyl halides is 2. The molecule has 5 nitrogen and oxygen atoms in total. The third kappa shape index (κ3) is 1.64. The van der Waals surface area contributed by atoms with Gasteiger partial charge in [-0.05, 0) is 6.07 Å². The molecule has 1 rings (SSSR count). The second kappa shape index (κ2) is 3.09. The average Bonchev–Trinajstić information content (AvgIpc) is 2.54. The number of rotatable bonds is 3. The minimum Gasteiger partial charge on any atom is -0.477 e. The summed E-state index contributed by atoms with van der Waals surface area (Å²) in [6, 6.07) is 1.07. The van der Waals surface area contributed by atoms with E-state index in [4.69, 9.17) is 10.2 Å². The van der Waals surface area contributed by atoms with E-state index in [1.807, 2.05) is 0 Å². The number of nitrogens with zero attached hydrogens (tertiary/aromatic N) is 1. The van der Waals surface area contributed by atoms with Gasteiger partial charge in [0.2, 0.25) is 0 Å². The Balaban J connectivity index is 2.90. The first kappa shape index (κ1) is 9.59. The Hall–Kier alpha value is -1.50. The lowest BCUT2D eigenvalue weighted by Gasteiger charge is -2.16. The van der Waals surface area contributed by atoms with E-state index < -0.39 is 18.0 Å². The van der Waals surface area contributed by atoms with Gasteiger partial charge in [0.15, 0.2) is 6.10 Å². The highest BCUT2D eigenvalue weighted by atomic mass is 19.3. The molecule has 1 heterocycles. The van der Waals surface area contributed by atoms with Crippen LogP contribution in [-0.2, 0) is 4.79 Å². The van der Waals surface area contributed by atoms with Crippen molar-refractivity contribution in [1.82, 2.24) is 10.2 Å². The van der Waals surface area contributed by atoms with E-state index in [2.05, 4.69) is 10.2 Å². The molecular weight excluding hydrogens is 186 g/mol. The number of aliphatic hydroxyl groups is 1. The predicted octanol–water partition coefficient (Wildman–Crippen LogP) is 0.163. The van der Waals surface area contributed by atoms with Crippen LogP contribution in [0.15, 0.2) is 12.3 Å². The number of carboxylic acid groups (broad SMARTS) is 1. The van der Waals surface area contributed by atoms with Gasteiger partial charge in [0, 0.05) is 6.20 Å². The number of carboxylic acids is 1. The standard InChI is InChI=1S/C6H6F2N2O3/c7-6(8,5(12)13)4(11)3-1-2-9-10-3/h1-2,4,11H,(H,9,10)(H,12,13). The molecule has 3 N–H and O–H groups in total. The summed E-state index contributed by atoms with van der Waals surface area (Å²) < 4.78 is 25.2. The van der Waals surface area contributed by atoms with Gasteiger partial charge in [-0.15, -0.1) is 0 Å². The van der Waals surface area contributed by atoms with Crippen molar-refractivity contribution in [2.45, 2.75) is 12.0 Å². The van der Waals surface area contributed by atoms with E-state index in [1.165, 1.54) is 0 Å². The molecule has 1 atom stereocenters. The number of nitrogens with one attached hydrogen (secondary N) is 1. The Morgan fingerprint density at radius 2 is 2.31 bits per heavy atom. The zero-order valence-electron chi connectivity index (χ0n) is 6.24. The molecule has 13 heavy (non-hydrogen) atoms. The Morgan fingerprint density at radius 3 is 2.69 bits per heavy atom. The number of aliphatic carboxylic acids is 1. The quantitative estimate of drug-likeness (QED) is 0.636. The number of halogens is 2.